The quantitative estimate of drug-likeness (QED) is 0.413. The summed E-state index contributed by atoms with van der Waals surface area (Å²) in [7, 11) is -1.16. The molecule has 0 radical (unpaired) electrons. The highest BCUT2D eigenvalue weighted by Crippen LogP contribution is 2.35. The molecule has 1 aliphatic rings. The second-order valence-electron chi connectivity index (χ2n) is 8.88. The van der Waals surface area contributed by atoms with Crippen LogP contribution in [-0.4, -0.2) is 60.5 Å². The molecule has 4 heterocycles. The van der Waals surface area contributed by atoms with E-state index in [-0.39, 0.29) is 0 Å². The zero-order chi connectivity index (χ0) is 21.8. The van der Waals surface area contributed by atoms with Crippen molar-refractivity contribution in [3.8, 4) is 17.3 Å². The molecule has 3 aromatic heterocycles. The molecule has 4 rings (SSSR count). The van der Waals surface area contributed by atoms with Crippen molar-refractivity contribution in [3.63, 3.8) is 0 Å². The highest BCUT2D eigenvalue weighted by molar-refractivity contribution is 6.76. The SMILES string of the molecule is C[Si](C)(C)CCOCn1cc(-c2cccc(C#N)n2)c2c(N3CCOCC3)ncnc21. The van der Waals surface area contributed by atoms with Gasteiger partial charge in [-0.3, -0.25) is 0 Å². The molecule has 1 aliphatic heterocycles. The van der Waals surface area contributed by atoms with Crippen LogP contribution in [0.3, 0.4) is 0 Å². The molecule has 3 aromatic rings. The van der Waals surface area contributed by atoms with E-state index in [4.69, 9.17) is 9.47 Å². The van der Waals surface area contributed by atoms with E-state index < -0.39 is 8.07 Å². The van der Waals surface area contributed by atoms with Crippen LogP contribution >= 0.6 is 0 Å². The van der Waals surface area contributed by atoms with Gasteiger partial charge in [0.1, 0.15) is 36.3 Å². The molecular formula is C22H28N6O2Si. The largest absolute Gasteiger partial charge is 0.378 e. The molecule has 0 saturated carbocycles. The summed E-state index contributed by atoms with van der Waals surface area (Å²) in [6.07, 6.45) is 3.62. The Kier molecular flexibility index (Phi) is 6.32. The third-order valence-electron chi connectivity index (χ3n) is 5.31. The summed E-state index contributed by atoms with van der Waals surface area (Å²) in [5.74, 6) is 0.869. The first-order valence-corrected chi connectivity index (χ1v) is 14.3. The fourth-order valence-electron chi connectivity index (χ4n) is 3.60. The van der Waals surface area contributed by atoms with E-state index in [1.54, 1.807) is 12.4 Å². The number of rotatable bonds is 7. The lowest BCUT2D eigenvalue weighted by Crippen LogP contribution is -2.36. The Hall–Kier alpha value is -2.80. The van der Waals surface area contributed by atoms with Gasteiger partial charge in [-0.1, -0.05) is 25.7 Å². The average Bonchev–Trinajstić information content (AvgIpc) is 3.15. The first kappa shape index (κ1) is 21.4. The molecule has 1 saturated heterocycles. The molecule has 0 bridgehead atoms. The fraction of sp³-hybridized carbons (Fsp3) is 0.455. The van der Waals surface area contributed by atoms with Crippen LogP contribution in [0.25, 0.3) is 22.3 Å². The zero-order valence-electron chi connectivity index (χ0n) is 18.3. The minimum Gasteiger partial charge on any atom is -0.378 e. The van der Waals surface area contributed by atoms with Gasteiger partial charge in [-0.25, -0.2) is 15.0 Å². The van der Waals surface area contributed by atoms with Crippen molar-refractivity contribution in [2.75, 3.05) is 37.8 Å². The average molecular weight is 437 g/mol. The topological polar surface area (TPSA) is 89.1 Å². The van der Waals surface area contributed by atoms with E-state index in [1.807, 2.05) is 22.9 Å². The van der Waals surface area contributed by atoms with Gasteiger partial charge in [0.2, 0.25) is 0 Å². The van der Waals surface area contributed by atoms with Gasteiger partial charge >= 0.3 is 0 Å². The number of nitriles is 1. The molecule has 9 heteroatoms. The highest BCUT2D eigenvalue weighted by Gasteiger charge is 2.22. The molecule has 162 valence electrons. The predicted octanol–water partition coefficient (Wildman–Crippen LogP) is 3.51. The van der Waals surface area contributed by atoms with Gasteiger partial charge in [-0.2, -0.15) is 5.26 Å². The number of nitrogens with zero attached hydrogens (tertiary/aromatic N) is 6. The molecule has 8 nitrogen and oxygen atoms in total. The molecule has 0 atom stereocenters. The summed E-state index contributed by atoms with van der Waals surface area (Å²) in [6, 6.07) is 8.72. The van der Waals surface area contributed by atoms with Gasteiger partial charge in [0, 0.05) is 39.5 Å². The van der Waals surface area contributed by atoms with Crippen molar-refractivity contribution in [2.45, 2.75) is 32.4 Å². The summed E-state index contributed by atoms with van der Waals surface area (Å²) < 4.78 is 13.6. The van der Waals surface area contributed by atoms with Crippen LogP contribution in [0.1, 0.15) is 5.69 Å². The normalized spacial score (nSPS) is 14.7. The number of fused-ring (bicyclic) bond motifs is 1. The van der Waals surface area contributed by atoms with Gasteiger partial charge in [-0.05, 0) is 18.2 Å². The lowest BCUT2D eigenvalue weighted by molar-refractivity contribution is 0.0899. The van der Waals surface area contributed by atoms with E-state index in [0.717, 1.165) is 53.8 Å². The van der Waals surface area contributed by atoms with Crippen molar-refractivity contribution in [3.05, 3.63) is 36.4 Å². The van der Waals surface area contributed by atoms with Crippen molar-refractivity contribution in [1.82, 2.24) is 19.5 Å². The van der Waals surface area contributed by atoms with Crippen LogP contribution in [-0.2, 0) is 16.2 Å². The minimum atomic E-state index is -1.16. The van der Waals surface area contributed by atoms with Crippen molar-refractivity contribution < 1.29 is 9.47 Å². The summed E-state index contributed by atoms with van der Waals surface area (Å²) in [6.45, 7) is 11.1. The number of hydrogen-bond acceptors (Lipinski definition) is 7. The Bertz CT molecular complexity index is 1100. The maximum atomic E-state index is 9.31. The van der Waals surface area contributed by atoms with Crippen LogP contribution in [0.5, 0.6) is 0 Å². The minimum absolute atomic E-state index is 0.384. The van der Waals surface area contributed by atoms with E-state index in [9.17, 15) is 5.26 Å². The molecule has 1 fully saturated rings. The summed E-state index contributed by atoms with van der Waals surface area (Å²) in [5.41, 5.74) is 2.83. The smallest absolute Gasteiger partial charge is 0.148 e. The second-order valence-corrected chi connectivity index (χ2v) is 14.5. The molecular weight excluding hydrogens is 408 g/mol. The molecule has 0 aromatic carbocycles. The molecule has 0 spiro atoms. The number of hydrogen-bond donors (Lipinski definition) is 0. The van der Waals surface area contributed by atoms with Crippen LogP contribution in [0.2, 0.25) is 25.7 Å². The van der Waals surface area contributed by atoms with E-state index in [1.165, 1.54) is 0 Å². The first-order chi connectivity index (χ1) is 15.0. The van der Waals surface area contributed by atoms with Gasteiger partial charge < -0.3 is 18.9 Å². The molecule has 31 heavy (non-hydrogen) atoms. The third kappa shape index (κ3) is 4.93. The van der Waals surface area contributed by atoms with Crippen LogP contribution in [0.15, 0.2) is 30.7 Å². The number of morpholine rings is 1. The molecule has 0 unspecified atom stereocenters. The number of ether oxygens (including phenoxy) is 2. The van der Waals surface area contributed by atoms with Crippen LogP contribution in [0.4, 0.5) is 5.82 Å². The summed E-state index contributed by atoms with van der Waals surface area (Å²) in [5, 5.41) is 10.2. The summed E-state index contributed by atoms with van der Waals surface area (Å²) in [4.78, 5) is 16.0. The fourth-order valence-corrected chi connectivity index (χ4v) is 4.36. The standard InChI is InChI=1S/C22H28N6O2Si/c1-31(2,3)12-11-30-16-28-14-18(19-6-4-5-17(13-23)26-19)20-21(24-15-25-22(20)28)27-7-9-29-10-8-27/h4-6,14-15H,7-12,16H2,1-3H3. The Morgan fingerprint density at radius 1 is 1.19 bits per heavy atom. The second kappa shape index (κ2) is 9.14. The molecule has 0 aliphatic carbocycles. The third-order valence-corrected chi connectivity index (χ3v) is 7.01. The lowest BCUT2D eigenvalue weighted by atomic mass is 10.1. The lowest BCUT2D eigenvalue weighted by Gasteiger charge is -2.28. The van der Waals surface area contributed by atoms with Crippen LogP contribution < -0.4 is 4.90 Å². The number of pyridine rings is 1. The Balaban J connectivity index is 1.75. The Labute approximate surface area is 183 Å². The highest BCUT2D eigenvalue weighted by atomic mass is 28.3. The first-order valence-electron chi connectivity index (χ1n) is 10.6. The van der Waals surface area contributed by atoms with Gasteiger partial charge in [-0.15, -0.1) is 0 Å². The van der Waals surface area contributed by atoms with Crippen LogP contribution in [0, 0.1) is 11.3 Å². The number of aromatic nitrogens is 4. The Morgan fingerprint density at radius 3 is 2.74 bits per heavy atom. The van der Waals surface area contributed by atoms with Gasteiger partial charge in [0.25, 0.3) is 0 Å². The van der Waals surface area contributed by atoms with Crippen molar-refractivity contribution >= 4 is 24.9 Å². The molecule has 0 amide bonds. The van der Waals surface area contributed by atoms with Crippen molar-refractivity contribution in [1.29, 1.82) is 5.26 Å². The van der Waals surface area contributed by atoms with E-state index >= 15 is 0 Å². The van der Waals surface area contributed by atoms with Gasteiger partial charge in [0.05, 0.1) is 24.3 Å². The predicted molar refractivity (Wildman–Crippen MR) is 123 cm³/mol. The Morgan fingerprint density at radius 2 is 2.00 bits per heavy atom. The number of anilines is 1. The monoisotopic (exact) mass is 436 g/mol. The van der Waals surface area contributed by atoms with E-state index in [0.29, 0.717) is 25.6 Å². The maximum Gasteiger partial charge on any atom is 0.148 e. The van der Waals surface area contributed by atoms with Crippen molar-refractivity contribution in [2.24, 2.45) is 0 Å². The van der Waals surface area contributed by atoms with E-state index in [2.05, 4.69) is 45.6 Å². The maximum absolute atomic E-state index is 9.31. The zero-order valence-corrected chi connectivity index (χ0v) is 19.3. The summed E-state index contributed by atoms with van der Waals surface area (Å²) >= 11 is 0. The van der Waals surface area contributed by atoms with Gasteiger partial charge in [0.15, 0.2) is 0 Å². The molecule has 0 N–H and O–H groups in total.